The van der Waals surface area contributed by atoms with E-state index in [1.165, 1.54) is 17.2 Å². The number of amides is 1. The lowest BCUT2D eigenvalue weighted by molar-refractivity contribution is -0.146. The summed E-state index contributed by atoms with van der Waals surface area (Å²) in [6, 6.07) is 0. The summed E-state index contributed by atoms with van der Waals surface area (Å²) in [7, 11) is -3.75. The van der Waals surface area contributed by atoms with Crippen molar-refractivity contribution in [3.63, 3.8) is 0 Å². The van der Waals surface area contributed by atoms with E-state index < -0.39 is 37.7 Å². The summed E-state index contributed by atoms with van der Waals surface area (Å²) in [4.78, 5) is 24.7. The van der Waals surface area contributed by atoms with Crippen molar-refractivity contribution in [3.05, 3.63) is 12.3 Å². The Labute approximate surface area is 139 Å². The molecule has 10 heteroatoms. The minimum atomic E-state index is -3.75. The number of allylic oxidation sites excluding steroid dienone is 1. The molecule has 3 aliphatic heterocycles. The van der Waals surface area contributed by atoms with E-state index in [0.29, 0.717) is 0 Å². The highest BCUT2D eigenvalue weighted by Crippen LogP contribution is 2.58. The minimum Gasteiger partial charge on any atom is -0.347 e. The maximum atomic E-state index is 12.5. The highest BCUT2D eigenvalue weighted by atomic mass is 31.2. The molecular weight excluding hydrogens is 339 g/mol. The van der Waals surface area contributed by atoms with Crippen LogP contribution in [0.5, 0.6) is 0 Å². The number of carbonyl (C=O) groups excluding carboxylic acids is 2. The first-order chi connectivity index (χ1) is 11.1. The van der Waals surface area contributed by atoms with Crippen molar-refractivity contribution in [2.24, 2.45) is 5.73 Å². The van der Waals surface area contributed by atoms with E-state index in [1.54, 1.807) is 20.8 Å². The summed E-state index contributed by atoms with van der Waals surface area (Å²) in [6.07, 6.45) is -0.181. The SMILES string of the molecule is CC(C)O[P@@]1(=O)OC[C@H]2O[C@@H](N3C=CC(=O)CC3=O)[C@](C)(N)[C@@H]2O1. The van der Waals surface area contributed by atoms with Crippen LogP contribution in [0.25, 0.3) is 0 Å². The van der Waals surface area contributed by atoms with Crippen LogP contribution in [0.3, 0.4) is 0 Å². The first-order valence-corrected chi connectivity index (χ1v) is 9.16. The molecule has 0 aromatic carbocycles. The normalized spacial score (nSPS) is 42.7. The fourth-order valence-electron chi connectivity index (χ4n) is 3.00. The average molecular weight is 360 g/mol. The molecule has 2 N–H and O–H groups in total. The Hall–Kier alpha value is -1.09. The van der Waals surface area contributed by atoms with Gasteiger partial charge in [0.15, 0.2) is 12.0 Å². The lowest BCUT2D eigenvalue weighted by atomic mass is 9.92. The first-order valence-electron chi connectivity index (χ1n) is 7.70. The van der Waals surface area contributed by atoms with Crippen LogP contribution in [0, 0.1) is 0 Å². The van der Waals surface area contributed by atoms with Crippen molar-refractivity contribution in [1.29, 1.82) is 0 Å². The van der Waals surface area contributed by atoms with E-state index in [9.17, 15) is 14.2 Å². The molecule has 0 aliphatic carbocycles. The van der Waals surface area contributed by atoms with Crippen molar-refractivity contribution in [3.8, 4) is 0 Å². The van der Waals surface area contributed by atoms with Crippen molar-refractivity contribution in [1.82, 2.24) is 4.90 Å². The Morgan fingerprint density at radius 2 is 2.17 bits per heavy atom. The summed E-state index contributed by atoms with van der Waals surface area (Å²) in [5, 5.41) is 0. The monoisotopic (exact) mass is 360 g/mol. The number of carbonyl (C=O) groups is 2. The number of hydrogen-bond acceptors (Lipinski definition) is 8. The zero-order valence-electron chi connectivity index (χ0n) is 13.7. The van der Waals surface area contributed by atoms with Gasteiger partial charge in [-0.2, -0.15) is 0 Å². The Morgan fingerprint density at radius 3 is 2.79 bits per heavy atom. The van der Waals surface area contributed by atoms with Gasteiger partial charge in [0.2, 0.25) is 5.91 Å². The average Bonchev–Trinajstić information content (AvgIpc) is 2.69. The van der Waals surface area contributed by atoms with Crippen LogP contribution in [0.1, 0.15) is 27.2 Å². The van der Waals surface area contributed by atoms with Crippen LogP contribution in [-0.4, -0.2) is 53.3 Å². The van der Waals surface area contributed by atoms with Crippen LogP contribution in [-0.2, 0) is 32.5 Å². The number of fused-ring (bicyclic) bond motifs is 1. The van der Waals surface area contributed by atoms with Gasteiger partial charge < -0.3 is 10.5 Å². The molecule has 3 aliphatic rings. The molecule has 0 radical (unpaired) electrons. The first kappa shape index (κ1) is 17.7. The van der Waals surface area contributed by atoms with Gasteiger partial charge in [-0.05, 0) is 26.8 Å². The summed E-state index contributed by atoms with van der Waals surface area (Å²) in [5.74, 6) is -0.690. The van der Waals surface area contributed by atoms with Gasteiger partial charge in [-0.25, -0.2) is 4.57 Å². The molecule has 5 atom stereocenters. The van der Waals surface area contributed by atoms with Crippen molar-refractivity contribution < 1.29 is 32.5 Å². The molecule has 0 aromatic heterocycles. The summed E-state index contributed by atoms with van der Waals surface area (Å²) in [5.41, 5.74) is 5.20. The third kappa shape index (κ3) is 3.08. The van der Waals surface area contributed by atoms with E-state index in [4.69, 9.17) is 24.0 Å². The quantitative estimate of drug-likeness (QED) is 0.577. The van der Waals surface area contributed by atoms with E-state index in [-0.39, 0.29) is 24.9 Å². The third-order valence-electron chi connectivity index (χ3n) is 4.05. The number of phosphoric acid groups is 1. The van der Waals surface area contributed by atoms with Crippen LogP contribution in [0.4, 0.5) is 0 Å². The molecule has 2 saturated heterocycles. The Morgan fingerprint density at radius 1 is 1.46 bits per heavy atom. The van der Waals surface area contributed by atoms with Crippen LogP contribution >= 0.6 is 7.82 Å². The van der Waals surface area contributed by atoms with Crippen molar-refractivity contribution in [2.75, 3.05) is 6.61 Å². The second-order valence-electron chi connectivity index (χ2n) is 6.58. The van der Waals surface area contributed by atoms with Gasteiger partial charge in [0.25, 0.3) is 0 Å². The van der Waals surface area contributed by atoms with Gasteiger partial charge in [0.05, 0.1) is 24.7 Å². The van der Waals surface area contributed by atoms with E-state index in [1.807, 2.05) is 0 Å². The molecule has 3 heterocycles. The van der Waals surface area contributed by atoms with Gasteiger partial charge >= 0.3 is 7.82 Å². The summed E-state index contributed by atoms with van der Waals surface area (Å²) in [6.45, 7) is 5.04. The van der Waals surface area contributed by atoms with Gasteiger partial charge in [-0.3, -0.25) is 28.1 Å². The second kappa shape index (κ2) is 6.01. The second-order valence-corrected chi connectivity index (χ2v) is 8.15. The van der Waals surface area contributed by atoms with Crippen molar-refractivity contribution >= 4 is 19.5 Å². The molecule has 24 heavy (non-hydrogen) atoms. The third-order valence-corrected chi connectivity index (χ3v) is 5.68. The largest absolute Gasteiger partial charge is 0.475 e. The summed E-state index contributed by atoms with van der Waals surface area (Å²) >= 11 is 0. The minimum absolute atomic E-state index is 0.0252. The number of phosphoric ester groups is 1. The molecule has 134 valence electrons. The maximum Gasteiger partial charge on any atom is 0.475 e. The fourth-order valence-corrected chi connectivity index (χ4v) is 4.66. The van der Waals surface area contributed by atoms with Gasteiger partial charge in [-0.15, -0.1) is 0 Å². The predicted molar refractivity (Wildman–Crippen MR) is 81.5 cm³/mol. The standard InChI is InChI=1S/C14H21N2O7P/c1-8(2)22-24(19)20-7-10-12(23-24)14(3,15)13(21-10)16-5-4-9(17)6-11(16)18/h4-5,8,10,12-13H,6-7,15H2,1-3H3/t10-,12-,13-,14-,24-/m1/s1. The highest BCUT2D eigenvalue weighted by molar-refractivity contribution is 7.48. The molecule has 0 unspecified atom stereocenters. The number of nitrogens with two attached hydrogens (primary N) is 1. The lowest BCUT2D eigenvalue weighted by Gasteiger charge is -2.38. The topological polar surface area (TPSA) is 117 Å². The number of ketones is 1. The van der Waals surface area contributed by atoms with E-state index in [2.05, 4.69) is 0 Å². The maximum absolute atomic E-state index is 12.5. The molecule has 1 amide bonds. The number of ether oxygens (including phenoxy) is 1. The zero-order valence-corrected chi connectivity index (χ0v) is 14.6. The molecule has 0 aromatic rings. The molecule has 0 bridgehead atoms. The van der Waals surface area contributed by atoms with Gasteiger partial charge in [-0.1, -0.05) is 0 Å². The van der Waals surface area contributed by atoms with Crippen LogP contribution in [0.15, 0.2) is 12.3 Å². The molecule has 3 rings (SSSR count). The molecule has 0 saturated carbocycles. The molecule has 0 spiro atoms. The predicted octanol–water partition coefficient (Wildman–Crippen LogP) is 0.692. The van der Waals surface area contributed by atoms with Crippen LogP contribution in [0.2, 0.25) is 0 Å². The van der Waals surface area contributed by atoms with Gasteiger partial charge in [0, 0.05) is 6.20 Å². The van der Waals surface area contributed by atoms with Crippen LogP contribution < -0.4 is 5.73 Å². The fraction of sp³-hybridized carbons (Fsp3) is 0.714. The van der Waals surface area contributed by atoms with Crippen molar-refractivity contribution in [2.45, 2.75) is 57.3 Å². The summed E-state index contributed by atoms with van der Waals surface area (Å²) < 4.78 is 34.4. The molecule has 2 fully saturated rings. The van der Waals surface area contributed by atoms with Gasteiger partial charge in [0.1, 0.15) is 12.2 Å². The molecular formula is C14H21N2O7P. The van der Waals surface area contributed by atoms with E-state index >= 15 is 0 Å². The number of rotatable bonds is 3. The number of nitrogens with zero attached hydrogens (tertiary/aromatic N) is 1. The Bertz CT molecular complexity index is 633. The zero-order chi connectivity index (χ0) is 17.7. The highest BCUT2D eigenvalue weighted by Gasteiger charge is 2.60. The Kier molecular flexibility index (Phi) is 4.44. The van der Waals surface area contributed by atoms with E-state index in [0.717, 1.165) is 0 Å². The molecule has 9 nitrogen and oxygen atoms in total. The smallest absolute Gasteiger partial charge is 0.347 e. The number of hydrogen-bond donors (Lipinski definition) is 1. The lowest BCUT2D eigenvalue weighted by Crippen LogP contribution is -2.60. The Balaban J connectivity index is 1.83.